The minimum atomic E-state index is -0.716. The summed E-state index contributed by atoms with van der Waals surface area (Å²) in [4.78, 5) is 46.4. The molecule has 0 saturated carbocycles. The first-order chi connectivity index (χ1) is 11.6. The molecule has 0 aliphatic heterocycles. The van der Waals surface area contributed by atoms with E-state index in [0.717, 1.165) is 19.4 Å². The maximum absolute atomic E-state index is 12.1. The SMILES string of the molecule is CC(=O)CCC(NC(=O)NC(CCCCNC(C)C)C(C)=O)C(C)=O. The third-order valence-corrected chi connectivity index (χ3v) is 3.85. The fraction of sp³-hybridized carbons (Fsp3) is 0.778. The van der Waals surface area contributed by atoms with E-state index in [9.17, 15) is 19.2 Å². The summed E-state index contributed by atoms with van der Waals surface area (Å²) in [5, 5.41) is 8.49. The van der Waals surface area contributed by atoms with E-state index in [-0.39, 0.29) is 30.2 Å². The molecule has 3 N–H and O–H groups in total. The van der Waals surface area contributed by atoms with Crippen molar-refractivity contribution in [3.63, 3.8) is 0 Å². The summed E-state index contributed by atoms with van der Waals surface area (Å²) in [5.41, 5.74) is 0. The van der Waals surface area contributed by atoms with Gasteiger partial charge in [0.15, 0.2) is 11.6 Å². The van der Waals surface area contributed by atoms with Gasteiger partial charge in [-0.3, -0.25) is 9.59 Å². The highest BCUT2D eigenvalue weighted by Crippen LogP contribution is 2.04. The van der Waals surface area contributed by atoms with Crippen LogP contribution < -0.4 is 16.0 Å². The molecule has 0 aliphatic rings. The summed E-state index contributed by atoms with van der Waals surface area (Å²) in [6.45, 7) is 9.26. The van der Waals surface area contributed by atoms with Crippen LogP contribution in [0, 0.1) is 0 Å². The maximum Gasteiger partial charge on any atom is 0.315 e. The molecule has 0 aromatic carbocycles. The summed E-state index contributed by atoms with van der Waals surface area (Å²) in [7, 11) is 0. The molecule has 7 heteroatoms. The summed E-state index contributed by atoms with van der Waals surface area (Å²) < 4.78 is 0. The van der Waals surface area contributed by atoms with E-state index in [2.05, 4.69) is 29.8 Å². The van der Waals surface area contributed by atoms with Crippen molar-refractivity contribution in [2.75, 3.05) is 6.54 Å². The Morgan fingerprint density at radius 3 is 1.76 bits per heavy atom. The molecule has 0 bridgehead atoms. The average molecular weight is 355 g/mol. The summed E-state index contributed by atoms with van der Waals surface area (Å²) in [6, 6.07) is -1.42. The van der Waals surface area contributed by atoms with Gasteiger partial charge in [-0.25, -0.2) is 4.79 Å². The lowest BCUT2D eigenvalue weighted by Crippen LogP contribution is -2.50. The second-order valence-corrected chi connectivity index (χ2v) is 6.79. The number of Topliss-reactive ketones (excluding diaryl/α,β-unsaturated/α-hetero) is 3. The van der Waals surface area contributed by atoms with Crippen molar-refractivity contribution in [3.05, 3.63) is 0 Å². The molecule has 0 saturated heterocycles. The lowest BCUT2D eigenvalue weighted by atomic mass is 10.1. The van der Waals surface area contributed by atoms with Crippen LogP contribution in [0.5, 0.6) is 0 Å². The molecule has 2 amide bonds. The van der Waals surface area contributed by atoms with Gasteiger partial charge in [0.2, 0.25) is 0 Å². The highest BCUT2D eigenvalue weighted by Gasteiger charge is 2.21. The summed E-state index contributed by atoms with van der Waals surface area (Å²) in [6.07, 6.45) is 2.78. The number of carbonyl (C=O) groups is 4. The van der Waals surface area contributed by atoms with Gasteiger partial charge in [0.25, 0.3) is 0 Å². The fourth-order valence-corrected chi connectivity index (χ4v) is 2.32. The van der Waals surface area contributed by atoms with Crippen LogP contribution in [0.3, 0.4) is 0 Å². The Bertz CT molecular complexity index is 463. The number of ketones is 3. The molecule has 0 aliphatic carbocycles. The van der Waals surface area contributed by atoms with Crippen LogP contribution in [-0.4, -0.2) is 48.1 Å². The van der Waals surface area contributed by atoms with E-state index in [0.29, 0.717) is 12.5 Å². The van der Waals surface area contributed by atoms with Crippen LogP contribution in [0.15, 0.2) is 0 Å². The number of hydrogen-bond acceptors (Lipinski definition) is 5. The number of unbranched alkanes of at least 4 members (excludes halogenated alkanes) is 1. The van der Waals surface area contributed by atoms with Gasteiger partial charge >= 0.3 is 6.03 Å². The smallest absolute Gasteiger partial charge is 0.315 e. The minimum absolute atomic E-state index is 0.0370. The Morgan fingerprint density at radius 2 is 1.32 bits per heavy atom. The predicted octanol–water partition coefficient (Wildman–Crippen LogP) is 1.74. The molecule has 0 heterocycles. The van der Waals surface area contributed by atoms with Crippen molar-refractivity contribution >= 4 is 23.4 Å². The molecule has 0 rings (SSSR count). The Labute approximate surface area is 150 Å². The zero-order valence-electron chi connectivity index (χ0n) is 16.1. The lowest BCUT2D eigenvalue weighted by molar-refractivity contribution is -0.120. The number of carbonyl (C=O) groups excluding carboxylic acids is 4. The highest BCUT2D eigenvalue weighted by molar-refractivity contribution is 5.90. The molecule has 0 fully saturated rings. The summed E-state index contributed by atoms with van der Waals surface area (Å²) in [5.74, 6) is -0.365. The molecule has 0 aromatic heterocycles. The molecule has 144 valence electrons. The molecule has 7 nitrogen and oxygen atoms in total. The first kappa shape index (κ1) is 23.2. The second-order valence-electron chi connectivity index (χ2n) is 6.79. The monoisotopic (exact) mass is 355 g/mol. The number of rotatable bonds is 13. The topological polar surface area (TPSA) is 104 Å². The largest absolute Gasteiger partial charge is 0.328 e. The van der Waals surface area contributed by atoms with Gasteiger partial charge in [-0.05, 0) is 53.0 Å². The standard InChI is InChI=1S/C18H33N3O4/c1-12(2)19-11-7-6-8-16(14(4)23)20-18(25)21-17(15(5)24)10-9-13(3)22/h12,16-17,19H,6-11H2,1-5H3,(H2,20,21,25). The zero-order valence-corrected chi connectivity index (χ0v) is 16.1. The fourth-order valence-electron chi connectivity index (χ4n) is 2.32. The molecule has 2 unspecified atom stereocenters. The Hall–Kier alpha value is -1.76. The van der Waals surface area contributed by atoms with E-state index in [1.807, 2.05) is 0 Å². The molecule has 0 radical (unpaired) electrons. The van der Waals surface area contributed by atoms with Crippen LogP contribution in [-0.2, 0) is 14.4 Å². The average Bonchev–Trinajstić information content (AvgIpc) is 2.48. The van der Waals surface area contributed by atoms with Gasteiger partial charge in [0.05, 0.1) is 12.1 Å². The van der Waals surface area contributed by atoms with Crippen molar-refractivity contribution in [2.45, 2.75) is 84.8 Å². The first-order valence-corrected chi connectivity index (χ1v) is 8.94. The second kappa shape index (κ2) is 12.6. The van der Waals surface area contributed by atoms with Crippen LogP contribution >= 0.6 is 0 Å². The lowest BCUT2D eigenvalue weighted by Gasteiger charge is -2.20. The number of nitrogens with one attached hydrogen (secondary N) is 3. The molecular weight excluding hydrogens is 322 g/mol. The normalized spacial score (nSPS) is 13.2. The van der Waals surface area contributed by atoms with Crippen LogP contribution in [0.1, 0.15) is 66.7 Å². The van der Waals surface area contributed by atoms with Crippen molar-refractivity contribution < 1.29 is 19.2 Å². The third kappa shape index (κ3) is 12.3. The quantitative estimate of drug-likeness (QED) is 0.437. The highest BCUT2D eigenvalue weighted by atomic mass is 16.2. The number of amides is 2. The van der Waals surface area contributed by atoms with Gasteiger partial charge in [0.1, 0.15) is 5.78 Å². The van der Waals surface area contributed by atoms with E-state index in [1.165, 1.54) is 20.8 Å². The Morgan fingerprint density at radius 1 is 0.800 bits per heavy atom. The van der Waals surface area contributed by atoms with Crippen molar-refractivity contribution in [2.24, 2.45) is 0 Å². The Balaban J connectivity index is 4.39. The van der Waals surface area contributed by atoms with Crippen molar-refractivity contribution in [1.82, 2.24) is 16.0 Å². The van der Waals surface area contributed by atoms with E-state index >= 15 is 0 Å². The van der Waals surface area contributed by atoms with E-state index < -0.39 is 18.1 Å². The molecule has 0 aromatic rings. The first-order valence-electron chi connectivity index (χ1n) is 8.94. The molecule has 25 heavy (non-hydrogen) atoms. The van der Waals surface area contributed by atoms with Crippen LogP contribution in [0.2, 0.25) is 0 Å². The minimum Gasteiger partial charge on any atom is -0.328 e. The predicted molar refractivity (Wildman–Crippen MR) is 97.5 cm³/mol. The molecule has 0 spiro atoms. The number of hydrogen-bond donors (Lipinski definition) is 3. The summed E-state index contributed by atoms with van der Waals surface area (Å²) >= 11 is 0. The maximum atomic E-state index is 12.1. The Kier molecular flexibility index (Phi) is 11.7. The zero-order chi connectivity index (χ0) is 19.4. The number of urea groups is 1. The van der Waals surface area contributed by atoms with Gasteiger partial charge in [-0.15, -0.1) is 0 Å². The molecular formula is C18H33N3O4. The van der Waals surface area contributed by atoms with Crippen molar-refractivity contribution in [1.29, 1.82) is 0 Å². The van der Waals surface area contributed by atoms with Gasteiger partial charge < -0.3 is 20.7 Å². The van der Waals surface area contributed by atoms with Crippen molar-refractivity contribution in [3.8, 4) is 0 Å². The van der Waals surface area contributed by atoms with Gasteiger partial charge in [0, 0.05) is 12.5 Å². The van der Waals surface area contributed by atoms with Gasteiger partial charge in [-0.1, -0.05) is 13.8 Å². The van der Waals surface area contributed by atoms with Crippen LogP contribution in [0.25, 0.3) is 0 Å². The third-order valence-electron chi connectivity index (χ3n) is 3.85. The molecule has 2 atom stereocenters. The van der Waals surface area contributed by atoms with Crippen LogP contribution in [0.4, 0.5) is 4.79 Å². The van der Waals surface area contributed by atoms with Gasteiger partial charge in [-0.2, -0.15) is 0 Å². The van der Waals surface area contributed by atoms with E-state index in [1.54, 1.807) is 0 Å². The van der Waals surface area contributed by atoms with E-state index in [4.69, 9.17) is 0 Å².